The van der Waals surface area contributed by atoms with Gasteiger partial charge in [0.05, 0.1) is 0 Å². The summed E-state index contributed by atoms with van der Waals surface area (Å²) in [4.78, 5) is 0. The van der Waals surface area contributed by atoms with Gasteiger partial charge in [-0.2, -0.15) is 0 Å². The van der Waals surface area contributed by atoms with E-state index in [0.717, 1.165) is 16.9 Å². The third kappa shape index (κ3) is 3.64. The van der Waals surface area contributed by atoms with Crippen molar-refractivity contribution in [2.45, 2.75) is 6.10 Å². The second kappa shape index (κ2) is 6.76. The molecule has 0 aliphatic rings. The lowest BCUT2D eigenvalue weighted by molar-refractivity contribution is 0.247. The first-order valence-corrected chi connectivity index (χ1v) is 7.93. The molecule has 0 unspecified atom stereocenters. The molecule has 21 heavy (non-hydrogen) atoms. The number of rotatable bonds is 4. The molecule has 0 N–H and O–H groups in total. The van der Waals surface area contributed by atoms with Crippen LogP contribution >= 0.6 is 22.6 Å². The molecule has 0 saturated carbocycles. The van der Waals surface area contributed by atoms with Crippen molar-refractivity contribution in [1.82, 2.24) is 0 Å². The van der Waals surface area contributed by atoms with Crippen LogP contribution in [0.3, 0.4) is 0 Å². The third-order valence-corrected chi connectivity index (χ3v) is 3.99. The van der Waals surface area contributed by atoms with Crippen molar-refractivity contribution in [1.29, 1.82) is 0 Å². The Morgan fingerprint density at radius 2 is 1.10 bits per heavy atom. The van der Waals surface area contributed by atoms with Gasteiger partial charge in [-0.25, -0.2) is 0 Å². The van der Waals surface area contributed by atoms with Crippen molar-refractivity contribution in [3.63, 3.8) is 0 Å². The summed E-state index contributed by atoms with van der Waals surface area (Å²) in [6.45, 7) is 0. The smallest absolute Gasteiger partial charge is 0.149 e. The third-order valence-electron chi connectivity index (χ3n) is 3.27. The van der Waals surface area contributed by atoms with Gasteiger partial charge in [-0.15, -0.1) is 0 Å². The molecule has 0 saturated heterocycles. The van der Waals surface area contributed by atoms with Crippen molar-refractivity contribution in [3.8, 4) is 5.75 Å². The highest BCUT2D eigenvalue weighted by Gasteiger charge is 2.15. The van der Waals surface area contributed by atoms with Gasteiger partial charge in [0.1, 0.15) is 11.9 Å². The molecule has 0 aliphatic heterocycles. The predicted molar refractivity (Wildman–Crippen MR) is 94.5 cm³/mol. The second-order valence-electron chi connectivity index (χ2n) is 4.77. The molecule has 0 amide bonds. The molecule has 0 radical (unpaired) electrons. The molecule has 0 bridgehead atoms. The van der Waals surface area contributed by atoms with E-state index in [2.05, 4.69) is 59.0 Å². The fourth-order valence-corrected chi connectivity index (χ4v) is 2.59. The van der Waals surface area contributed by atoms with Crippen molar-refractivity contribution in [2.75, 3.05) is 0 Å². The van der Waals surface area contributed by atoms with Gasteiger partial charge in [0, 0.05) is 3.57 Å². The zero-order chi connectivity index (χ0) is 14.5. The van der Waals surface area contributed by atoms with Crippen LogP contribution in [0, 0.1) is 3.57 Å². The fraction of sp³-hybridized carbons (Fsp3) is 0.0526. The van der Waals surface area contributed by atoms with Gasteiger partial charge in [0.15, 0.2) is 0 Å². The normalized spacial score (nSPS) is 10.6. The van der Waals surface area contributed by atoms with Crippen molar-refractivity contribution in [3.05, 3.63) is 99.6 Å². The standard InChI is InChI=1S/C19H15IO/c20-17-11-13-18(14-12-17)21-19(15-7-3-1-4-8-15)16-9-5-2-6-10-16/h1-14,19H. The maximum atomic E-state index is 6.24. The van der Waals surface area contributed by atoms with Crippen molar-refractivity contribution in [2.24, 2.45) is 0 Å². The van der Waals surface area contributed by atoms with E-state index in [-0.39, 0.29) is 6.10 Å². The van der Waals surface area contributed by atoms with Crippen LogP contribution in [0.4, 0.5) is 0 Å². The Labute approximate surface area is 138 Å². The average molecular weight is 386 g/mol. The summed E-state index contributed by atoms with van der Waals surface area (Å²) in [7, 11) is 0. The largest absolute Gasteiger partial charge is 0.481 e. The Morgan fingerprint density at radius 1 is 0.619 bits per heavy atom. The maximum Gasteiger partial charge on any atom is 0.149 e. The lowest BCUT2D eigenvalue weighted by atomic mass is 10.0. The lowest BCUT2D eigenvalue weighted by Gasteiger charge is -2.20. The first-order valence-electron chi connectivity index (χ1n) is 6.85. The molecule has 0 fully saturated rings. The zero-order valence-corrected chi connectivity index (χ0v) is 13.6. The number of halogens is 1. The van der Waals surface area contributed by atoms with Crippen LogP contribution < -0.4 is 4.74 Å². The molecule has 0 heterocycles. The molecule has 0 spiro atoms. The molecule has 104 valence electrons. The molecule has 0 aliphatic carbocycles. The molecule has 2 heteroatoms. The van der Waals surface area contributed by atoms with E-state index in [4.69, 9.17) is 4.74 Å². The van der Waals surface area contributed by atoms with Crippen molar-refractivity contribution >= 4 is 22.6 Å². The second-order valence-corrected chi connectivity index (χ2v) is 6.02. The molecule has 3 aromatic carbocycles. The van der Waals surface area contributed by atoms with Gasteiger partial charge in [-0.1, -0.05) is 60.7 Å². The average Bonchev–Trinajstić information content (AvgIpc) is 2.56. The maximum absolute atomic E-state index is 6.24. The monoisotopic (exact) mass is 386 g/mol. The first-order chi connectivity index (χ1) is 10.3. The molecular formula is C19H15IO. The van der Waals surface area contributed by atoms with Gasteiger partial charge >= 0.3 is 0 Å². The summed E-state index contributed by atoms with van der Waals surface area (Å²) in [5.41, 5.74) is 2.31. The summed E-state index contributed by atoms with van der Waals surface area (Å²) in [5.74, 6) is 0.883. The summed E-state index contributed by atoms with van der Waals surface area (Å²) in [6.07, 6.45) is -0.0903. The van der Waals surface area contributed by atoms with E-state index in [1.807, 2.05) is 48.5 Å². The fourth-order valence-electron chi connectivity index (χ4n) is 2.23. The Hall–Kier alpha value is -1.81. The van der Waals surface area contributed by atoms with Gasteiger partial charge in [-0.05, 0) is 58.0 Å². The molecule has 0 atom stereocenters. The highest BCUT2D eigenvalue weighted by molar-refractivity contribution is 14.1. The number of hydrogen-bond donors (Lipinski definition) is 0. The van der Waals surface area contributed by atoms with Crippen molar-refractivity contribution < 1.29 is 4.74 Å². The highest BCUT2D eigenvalue weighted by atomic mass is 127. The number of ether oxygens (including phenoxy) is 1. The minimum Gasteiger partial charge on any atom is -0.481 e. The van der Waals surface area contributed by atoms with Crippen LogP contribution in [0.2, 0.25) is 0 Å². The van der Waals surface area contributed by atoms with E-state index < -0.39 is 0 Å². The minimum absolute atomic E-state index is 0.0903. The first kappa shape index (κ1) is 14.1. The summed E-state index contributed by atoms with van der Waals surface area (Å²) < 4.78 is 7.44. The molecule has 3 aromatic rings. The Morgan fingerprint density at radius 3 is 1.57 bits per heavy atom. The van der Waals surface area contributed by atoms with Crippen LogP contribution in [0.25, 0.3) is 0 Å². The Kier molecular flexibility index (Phi) is 4.55. The Bertz CT molecular complexity index is 638. The topological polar surface area (TPSA) is 9.23 Å². The van der Waals surface area contributed by atoms with E-state index >= 15 is 0 Å². The minimum atomic E-state index is -0.0903. The van der Waals surface area contributed by atoms with E-state index in [9.17, 15) is 0 Å². The Balaban J connectivity index is 1.95. The summed E-state index contributed by atoms with van der Waals surface area (Å²) >= 11 is 2.30. The lowest BCUT2D eigenvalue weighted by Crippen LogP contribution is -2.09. The number of benzene rings is 3. The van der Waals surface area contributed by atoms with Crippen LogP contribution in [-0.4, -0.2) is 0 Å². The van der Waals surface area contributed by atoms with E-state index in [1.165, 1.54) is 3.57 Å². The highest BCUT2D eigenvalue weighted by Crippen LogP contribution is 2.28. The summed E-state index contributed by atoms with van der Waals surface area (Å²) in [6, 6.07) is 28.8. The van der Waals surface area contributed by atoms with Crippen LogP contribution in [0.15, 0.2) is 84.9 Å². The van der Waals surface area contributed by atoms with E-state index in [0.29, 0.717) is 0 Å². The van der Waals surface area contributed by atoms with Gasteiger partial charge in [0.2, 0.25) is 0 Å². The van der Waals surface area contributed by atoms with Crippen LogP contribution in [0.5, 0.6) is 5.75 Å². The molecular weight excluding hydrogens is 371 g/mol. The van der Waals surface area contributed by atoms with Gasteiger partial charge in [0.25, 0.3) is 0 Å². The number of hydrogen-bond acceptors (Lipinski definition) is 1. The van der Waals surface area contributed by atoms with Gasteiger partial charge < -0.3 is 4.74 Å². The molecule has 3 rings (SSSR count). The molecule has 1 nitrogen and oxygen atoms in total. The SMILES string of the molecule is Ic1ccc(OC(c2ccccc2)c2ccccc2)cc1. The summed E-state index contributed by atoms with van der Waals surface area (Å²) in [5, 5.41) is 0. The predicted octanol–water partition coefficient (Wildman–Crippen LogP) is 5.46. The van der Waals surface area contributed by atoms with Crippen LogP contribution in [0.1, 0.15) is 17.2 Å². The van der Waals surface area contributed by atoms with Crippen LogP contribution in [-0.2, 0) is 0 Å². The quantitative estimate of drug-likeness (QED) is 0.541. The molecule has 0 aromatic heterocycles. The van der Waals surface area contributed by atoms with E-state index in [1.54, 1.807) is 0 Å². The zero-order valence-electron chi connectivity index (χ0n) is 11.4. The van der Waals surface area contributed by atoms with Gasteiger partial charge in [-0.3, -0.25) is 0 Å².